The molecular weight excluding hydrogens is 335 g/mol. The van der Waals surface area contributed by atoms with E-state index in [1.807, 2.05) is 6.92 Å². The van der Waals surface area contributed by atoms with Crippen LogP contribution in [-0.4, -0.2) is 15.6 Å². The van der Waals surface area contributed by atoms with Crippen LogP contribution in [0.1, 0.15) is 21.7 Å². The number of benzene rings is 1. The van der Waals surface area contributed by atoms with Crippen LogP contribution in [0.5, 0.6) is 0 Å². The van der Waals surface area contributed by atoms with Crippen molar-refractivity contribution in [2.24, 2.45) is 7.05 Å². The summed E-state index contributed by atoms with van der Waals surface area (Å²) in [5.41, 5.74) is 1.73. The monoisotopic (exact) mass is 344 g/mol. The molecule has 6 heteroatoms. The van der Waals surface area contributed by atoms with Gasteiger partial charge in [-0.3, -0.25) is 9.48 Å². The van der Waals surface area contributed by atoms with E-state index in [0.717, 1.165) is 15.9 Å². The second-order valence-corrected chi connectivity index (χ2v) is 5.34. The predicted octanol–water partition coefficient (Wildman–Crippen LogP) is 3.71. The van der Waals surface area contributed by atoms with Crippen LogP contribution in [0.3, 0.4) is 0 Å². The summed E-state index contributed by atoms with van der Waals surface area (Å²) in [6.07, 6.45) is 0.112. The Hall–Kier alpha value is -1.20. The molecule has 2 aromatic rings. The van der Waals surface area contributed by atoms with Crippen LogP contribution in [0.15, 0.2) is 22.7 Å². The lowest BCUT2D eigenvalue weighted by Crippen LogP contribution is -2.09. The maximum Gasteiger partial charge on any atom is 0.170 e. The Morgan fingerprint density at radius 1 is 1.53 bits per heavy atom. The molecule has 2 rings (SSSR count). The summed E-state index contributed by atoms with van der Waals surface area (Å²) in [6, 6.07) is 4.21. The second-order valence-electron chi connectivity index (χ2n) is 4.17. The van der Waals surface area contributed by atoms with Crippen molar-refractivity contribution in [1.29, 1.82) is 0 Å². The summed E-state index contributed by atoms with van der Waals surface area (Å²) >= 11 is 9.20. The summed E-state index contributed by atoms with van der Waals surface area (Å²) in [6.45, 7) is 1.84. The Morgan fingerprint density at radius 3 is 2.79 bits per heavy atom. The average molecular weight is 346 g/mol. The van der Waals surface area contributed by atoms with E-state index < -0.39 is 5.82 Å². The number of carbonyl (C=O) groups is 1. The molecule has 0 aliphatic heterocycles. The highest BCUT2D eigenvalue weighted by Gasteiger charge is 2.18. The van der Waals surface area contributed by atoms with Gasteiger partial charge in [0.05, 0.1) is 27.3 Å². The van der Waals surface area contributed by atoms with Crippen molar-refractivity contribution in [2.75, 3.05) is 0 Å². The number of hydrogen-bond donors (Lipinski definition) is 0. The van der Waals surface area contributed by atoms with Gasteiger partial charge in [-0.2, -0.15) is 5.10 Å². The van der Waals surface area contributed by atoms with E-state index in [1.165, 1.54) is 18.2 Å². The standard InChI is InChI=1S/C13H11BrClFN2O/c1-7-12(14)10(18(2)17-7)6-11(19)8-4-3-5-9(16)13(8)15/h3-5H,6H2,1-2H3. The number of hydrogen-bond acceptors (Lipinski definition) is 2. The lowest BCUT2D eigenvalue weighted by Gasteiger charge is -2.05. The smallest absolute Gasteiger partial charge is 0.170 e. The molecule has 0 aliphatic rings. The van der Waals surface area contributed by atoms with E-state index in [1.54, 1.807) is 11.7 Å². The zero-order chi connectivity index (χ0) is 14.2. The summed E-state index contributed by atoms with van der Waals surface area (Å²) in [4.78, 5) is 12.2. The molecule has 0 atom stereocenters. The third-order valence-electron chi connectivity index (χ3n) is 2.84. The number of Topliss-reactive ketones (excluding diaryl/α,β-unsaturated/α-hetero) is 1. The van der Waals surface area contributed by atoms with Gasteiger partial charge in [-0.15, -0.1) is 0 Å². The molecular formula is C13H11BrClFN2O. The molecule has 0 N–H and O–H groups in total. The largest absolute Gasteiger partial charge is 0.294 e. The van der Waals surface area contributed by atoms with E-state index in [9.17, 15) is 9.18 Å². The van der Waals surface area contributed by atoms with Crippen LogP contribution in [0.25, 0.3) is 0 Å². The molecule has 0 bridgehead atoms. The molecule has 3 nitrogen and oxygen atoms in total. The molecule has 1 heterocycles. The third-order valence-corrected chi connectivity index (χ3v) is 4.26. The van der Waals surface area contributed by atoms with Crippen molar-refractivity contribution >= 4 is 33.3 Å². The third kappa shape index (κ3) is 2.72. The quantitative estimate of drug-likeness (QED) is 0.795. The van der Waals surface area contributed by atoms with Gasteiger partial charge < -0.3 is 0 Å². The van der Waals surface area contributed by atoms with Crippen molar-refractivity contribution < 1.29 is 9.18 Å². The van der Waals surface area contributed by atoms with E-state index in [2.05, 4.69) is 21.0 Å². The van der Waals surface area contributed by atoms with Gasteiger partial charge in [-0.25, -0.2) is 4.39 Å². The van der Waals surface area contributed by atoms with Gasteiger partial charge in [-0.05, 0) is 35.0 Å². The number of rotatable bonds is 3. The predicted molar refractivity (Wildman–Crippen MR) is 75.1 cm³/mol. The summed E-state index contributed by atoms with van der Waals surface area (Å²) in [7, 11) is 1.76. The Balaban J connectivity index is 2.34. The van der Waals surface area contributed by atoms with Gasteiger partial charge in [0, 0.05) is 12.6 Å². The Bertz CT molecular complexity index is 654. The minimum Gasteiger partial charge on any atom is -0.294 e. The van der Waals surface area contributed by atoms with Gasteiger partial charge in [0.15, 0.2) is 5.78 Å². The van der Waals surface area contributed by atoms with E-state index in [-0.39, 0.29) is 22.8 Å². The topological polar surface area (TPSA) is 34.9 Å². The molecule has 0 amide bonds. The zero-order valence-electron chi connectivity index (χ0n) is 10.4. The van der Waals surface area contributed by atoms with E-state index in [0.29, 0.717) is 0 Å². The molecule has 0 spiro atoms. The van der Waals surface area contributed by atoms with Crippen LogP contribution in [0.2, 0.25) is 5.02 Å². The molecule has 0 radical (unpaired) electrons. The minimum absolute atomic E-state index is 0.112. The van der Waals surface area contributed by atoms with Crippen LogP contribution < -0.4 is 0 Å². The number of halogens is 3. The number of ketones is 1. The molecule has 0 saturated carbocycles. The van der Waals surface area contributed by atoms with Crippen LogP contribution in [0.4, 0.5) is 4.39 Å². The average Bonchev–Trinajstić information content (AvgIpc) is 2.59. The molecule has 0 saturated heterocycles. The van der Waals surface area contributed by atoms with Gasteiger partial charge in [0.25, 0.3) is 0 Å². The van der Waals surface area contributed by atoms with Crippen LogP contribution in [-0.2, 0) is 13.5 Å². The van der Waals surface area contributed by atoms with E-state index in [4.69, 9.17) is 11.6 Å². The highest BCUT2D eigenvalue weighted by atomic mass is 79.9. The molecule has 1 aromatic carbocycles. The van der Waals surface area contributed by atoms with Gasteiger partial charge in [0.2, 0.25) is 0 Å². The van der Waals surface area contributed by atoms with Crippen molar-refractivity contribution in [1.82, 2.24) is 9.78 Å². The molecule has 0 unspecified atom stereocenters. The lowest BCUT2D eigenvalue weighted by atomic mass is 10.1. The fraction of sp³-hybridized carbons (Fsp3) is 0.231. The van der Waals surface area contributed by atoms with Crippen molar-refractivity contribution in [3.63, 3.8) is 0 Å². The molecule has 1 aromatic heterocycles. The first kappa shape index (κ1) is 14.2. The highest BCUT2D eigenvalue weighted by Crippen LogP contribution is 2.25. The first-order valence-electron chi connectivity index (χ1n) is 5.57. The van der Waals surface area contributed by atoms with E-state index >= 15 is 0 Å². The molecule has 0 fully saturated rings. The maximum atomic E-state index is 13.3. The Morgan fingerprint density at radius 2 is 2.21 bits per heavy atom. The summed E-state index contributed by atoms with van der Waals surface area (Å²) in [5, 5.41) is 4.07. The molecule has 0 aliphatic carbocycles. The Labute approximate surface area is 123 Å². The fourth-order valence-corrected chi connectivity index (χ4v) is 2.55. The van der Waals surface area contributed by atoms with Crippen molar-refractivity contribution in [2.45, 2.75) is 13.3 Å². The van der Waals surface area contributed by atoms with Crippen LogP contribution >= 0.6 is 27.5 Å². The normalized spacial score (nSPS) is 10.8. The SMILES string of the molecule is Cc1nn(C)c(CC(=O)c2cccc(F)c2Cl)c1Br. The van der Waals surface area contributed by atoms with Gasteiger partial charge in [-0.1, -0.05) is 17.7 Å². The summed E-state index contributed by atoms with van der Waals surface area (Å²) in [5.74, 6) is -0.832. The second kappa shape index (κ2) is 5.43. The number of carbonyl (C=O) groups excluding carboxylic acids is 1. The maximum absolute atomic E-state index is 13.3. The first-order valence-corrected chi connectivity index (χ1v) is 6.74. The molecule has 19 heavy (non-hydrogen) atoms. The van der Waals surface area contributed by atoms with Gasteiger partial charge >= 0.3 is 0 Å². The number of aromatic nitrogens is 2. The van der Waals surface area contributed by atoms with Gasteiger partial charge in [0.1, 0.15) is 5.82 Å². The lowest BCUT2D eigenvalue weighted by molar-refractivity contribution is 0.0990. The first-order chi connectivity index (χ1) is 8.91. The number of nitrogens with zero attached hydrogens (tertiary/aromatic N) is 2. The van der Waals surface area contributed by atoms with Crippen LogP contribution in [0, 0.1) is 12.7 Å². The number of aryl methyl sites for hydroxylation is 2. The Kier molecular flexibility index (Phi) is 4.06. The highest BCUT2D eigenvalue weighted by molar-refractivity contribution is 9.10. The minimum atomic E-state index is -0.590. The fourth-order valence-electron chi connectivity index (χ4n) is 1.84. The zero-order valence-corrected chi connectivity index (χ0v) is 12.7. The summed E-state index contributed by atoms with van der Waals surface area (Å²) < 4.78 is 15.7. The van der Waals surface area contributed by atoms with Crippen molar-refractivity contribution in [3.05, 3.63) is 50.5 Å². The molecule has 100 valence electrons. The van der Waals surface area contributed by atoms with Crippen molar-refractivity contribution in [3.8, 4) is 0 Å².